The van der Waals surface area contributed by atoms with Gasteiger partial charge in [-0.3, -0.25) is 4.79 Å². The summed E-state index contributed by atoms with van der Waals surface area (Å²) in [5.74, 6) is 0.268. The normalized spacial score (nSPS) is 12.2. The van der Waals surface area contributed by atoms with Crippen LogP contribution in [0.5, 0.6) is 0 Å². The van der Waals surface area contributed by atoms with Gasteiger partial charge in [0.15, 0.2) is 5.82 Å². The monoisotopic (exact) mass is 364 g/mol. The van der Waals surface area contributed by atoms with E-state index in [-0.39, 0.29) is 11.8 Å². The van der Waals surface area contributed by atoms with Crippen molar-refractivity contribution >= 4 is 43.6 Å². The molecule has 1 unspecified atom stereocenters. The molecule has 1 amide bonds. The van der Waals surface area contributed by atoms with Crippen molar-refractivity contribution in [3.63, 3.8) is 0 Å². The molecular weight excluding hydrogens is 352 g/mol. The van der Waals surface area contributed by atoms with E-state index in [0.29, 0.717) is 21.6 Å². The number of hydrogen-bond donors (Lipinski definition) is 2. The van der Waals surface area contributed by atoms with Gasteiger partial charge >= 0.3 is 0 Å². The second-order valence-electron chi connectivity index (χ2n) is 3.65. The predicted molar refractivity (Wildman–Crippen MR) is 73.5 cm³/mol. The fourth-order valence-electron chi connectivity index (χ4n) is 1.23. The third-order valence-corrected chi connectivity index (χ3v) is 3.17. The Morgan fingerprint density at radius 2 is 2.29 bits per heavy atom. The van der Waals surface area contributed by atoms with Crippen LogP contribution >= 0.6 is 31.9 Å². The number of rotatable bonds is 5. The fourth-order valence-corrected chi connectivity index (χ4v) is 2.14. The first-order valence-corrected chi connectivity index (χ1v) is 6.82. The number of anilines is 1. The first kappa shape index (κ1) is 14.5. The Morgan fingerprint density at radius 1 is 1.59 bits per heavy atom. The number of nitrogens with two attached hydrogens (primary N) is 1. The molecule has 0 spiro atoms. The van der Waals surface area contributed by atoms with Crippen molar-refractivity contribution in [1.29, 1.82) is 0 Å². The molecule has 1 aromatic heterocycles. The summed E-state index contributed by atoms with van der Waals surface area (Å²) in [5.41, 5.74) is 5.40. The van der Waals surface area contributed by atoms with Crippen molar-refractivity contribution in [3.05, 3.63) is 15.4 Å². The van der Waals surface area contributed by atoms with E-state index in [1.807, 2.05) is 6.92 Å². The van der Waals surface area contributed by atoms with Crippen LogP contribution in [0.3, 0.4) is 0 Å². The molecule has 0 aliphatic rings. The summed E-state index contributed by atoms with van der Waals surface area (Å²) < 4.78 is 1.12. The molecular formula is C10H14Br2N4O. The zero-order valence-corrected chi connectivity index (χ0v) is 12.6. The van der Waals surface area contributed by atoms with Crippen LogP contribution in [0.15, 0.2) is 15.4 Å². The van der Waals surface area contributed by atoms with Crippen LogP contribution in [0.2, 0.25) is 0 Å². The number of nitrogens with zero attached hydrogens (tertiary/aromatic N) is 2. The molecule has 0 aliphatic carbocycles. The smallest absolute Gasteiger partial charge is 0.228 e. The van der Waals surface area contributed by atoms with E-state index in [2.05, 4.69) is 47.1 Å². The standard InChI is InChI=1S/C10H14Br2N4O/c1-6(3-2-4-13)10(17)16-9-8(12)15-7(11)5-14-9/h5-6H,2-4,13H2,1H3,(H,14,16,17). The number of carbonyl (C=O) groups excluding carboxylic acids is 1. The summed E-state index contributed by atoms with van der Waals surface area (Å²) in [7, 11) is 0. The van der Waals surface area contributed by atoms with Crippen LogP contribution < -0.4 is 11.1 Å². The maximum atomic E-state index is 11.8. The molecule has 1 aromatic rings. The van der Waals surface area contributed by atoms with Crippen molar-refractivity contribution in [2.45, 2.75) is 19.8 Å². The van der Waals surface area contributed by atoms with Gasteiger partial charge in [-0.15, -0.1) is 0 Å². The van der Waals surface area contributed by atoms with Gasteiger partial charge in [0.05, 0.1) is 6.20 Å². The average Bonchev–Trinajstić information content (AvgIpc) is 2.29. The lowest BCUT2D eigenvalue weighted by atomic mass is 10.1. The summed E-state index contributed by atoms with van der Waals surface area (Å²) in [6.45, 7) is 2.46. The Kier molecular flexibility index (Phi) is 6.01. The van der Waals surface area contributed by atoms with E-state index in [1.54, 1.807) is 0 Å². The summed E-state index contributed by atoms with van der Waals surface area (Å²) in [6, 6.07) is 0. The molecule has 94 valence electrons. The van der Waals surface area contributed by atoms with Crippen molar-refractivity contribution in [1.82, 2.24) is 9.97 Å². The third kappa shape index (κ3) is 4.69. The molecule has 17 heavy (non-hydrogen) atoms. The zero-order chi connectivity index (χ0) is 12.8. The molecule has 0 saturated heterocycles. The number of amides is 1. The lowest BCUT2D eigenvalue weighted by Crippen LogP contribution is -2.22. The molecule has 0 aliphatic heterocycles. The van der Waals surface area contributed by atoms with E-state index in [1.165, 1.54) is 6.20 Å². The molecule has 1 rings (SSSR count). The Hall–Kier alpha value is -0.530. The summed E-state index contributed by atoms with van der Waals surface area (Å²) in [6.07, 6.45) is 3.14. The van der Waals surface area contributed by atoms with Crippen molar-refractivity contribution in [2.24, 2.45) is 11.7 Å². The SMILES string of the molecule is CC(CCCN)C(=O)Nc1ncc(Br)nc1Br. The van der Waals surface area contributed by atoms with E-state index < -0.39 is 0 Å². The van der Waals surface area contributed by atoms with Gasteiger partial charge in [-0.05, 0) is 51.2 Å². The van der Waals surface area contributed by atoms with Gasteiger partial charge in [0, 0.05) is 5.92 Å². The van der Waals surface area contributed by atoms with Crippen molar-refractivity contribution in [2.75, 3.05) is 11.9 Å². The molecule has 3 N–H and O–H groups in total. The highest BCUT2D eigenvalue weighted by Gasteiger charge is 2.14. The molecule has 0 fully saturated rings. The number of aromatic nitrogens is 2. The first-order chi connectivity index (χ1) is 8.04. The van der Waals surface area contributed by atoms with E-state index >= 15 is 0 Å². The van der Waals surface area contributed by atoms with Gasteiger partial charge in [-0.2, -0.15) is 0 Å². The van der Waals surface area contributed by atoms with Gasteiger partial charge in [0.1, 0.15) is 9.21 Å². The van der Waals surface area contributed by atoms with Crippen LogP contribution in [0, 0.1) is 5.92 Å². The number of nitrogens with one attached hydrogen (secondary N) is 1. The van der Waals surface area contributed by atoms with Crippen LogP contribution in [0.4, 0.5) is 5.82 Å². The fraction of sp³-hybridized carbons (Fsp3) is 0.500. The Bertz CT molecular complexity index is 400. The van der Waals surface area contributed by atoms with Gasteiger partial charge in [-0.25, -0.2) is 9.97 Å². The molecule has 5 nitrogen and oxygen atoms in total. The Labute approximate surface area is 117 Å². The van der Waals surface area contributed by atoms with Crippen molar-refractivity contribution < 1.29 is 4.79 Å². The second kappa shape index (κ2) is 7.03. The third-order valence-electron chi connectivity index (χ3n) is 2.23. The summed E-state index contributed by atoms with van der Waals surface area (Å²) in [4.78, 5) is 20.0. The topological polar surface area (TPSA) is 80.9 Å². The second-order valence-corrected chi connectivity index (χ2v) is 5.22. The largest absolute Gasteiger partial charge is 0.330 e. The summed E-state index contributed by atoms with van der Waals surface area (Å²) in [5, 5.41) is 2.73. The van der Waals surface area contributed by atoms with E-state index in [0.717, 1.165) is 12.8 Å². The van der Waals surface area contributed by atoms with E-state index in [4.69, 9.17) is 5.73 Å². The highest BCUT2D eigenvalue weighted by atomic mass is 79.9. The van der Waals surface area contributed by atoms with Gasteiger partial charge in [0.2, 0.25) is 5.91 Å². The molecule has 7 heteroatoms. The maximum absolute atomic E-state index is 11.8. The van der Waals surface area contributed by atoms with Crippen LogP contribution in [0.1, 0.15) is 19.8 Å². The lowest BCUT2D eigenvalue weighted by molar-refractivity contribution is -0.119. The predicted octanol–water partition coefficient (Wildman–Crippen LogP) is 2.32. The highest BCUT2D eigenvalue weighted by molar-refractivity contribution is 9.11. The highest BCUT2D eigenvalue weighted by Crippen LogP contribution is 2.20. The Morgan fingerprint density at radius 3 is 2.88 bits per heavy atom. The molecule has 1 heterocycles. The van der Waals surface area contributed by atoms with Gasteiger partial charge in [0.25, 0.3) is 0 Å². The average molecular weight is 366 g/mol. The number of carbonyl (C=O) groups is 1. The number of hydrogen-bond acceptors (Lipinski definition) is 4. The number of halogens is 2. The quantitative estimate of drug-likeness (QED) is 0.838. The molecule has 0 bridgehead atoms. The molecule has 1 atom stereocenters. The van der Waals surface area contributed by atoms with Crippen LogP contribution in [-0.2, 0) is 4.79 Å². The van der Waals surface area contributed by atoms with Gasteiger partial charge < -0.3 is 11.1 Å². The van der Waals surface area contributed by atoms with Crippen molar-refractivity contribution in [3.8, 4) is 0 Å². The van der Waals surface area contributed by atoms with Crippen LogP contribution in [-0.4, -0.2) is 22.4 Å². The molecule has 0 saturated carbocycles. The van der Waals surface area contributed by atoms with Gasteiger partial charge in [-0.1, -0.05) is 6.92 Å². The first-order valence-electron chi connectivity index (χ1n) is 5.23. The lowest BCUT2D eigenvalue weighted by Gasteiger charge is -2.11. The minimum absolute atomic E-state index is 0.0734. The maximum Gasteiger partial charge on any atom is 0.228 e. The summed E-state index contributed by atoms with van der Waals surface area (Å²) >= 11 is 6.43. The van der Waals surface area contributed by atoms with Crippen LogP contribution in [0.25, 0.3) is 0 Å². The minimum Gasteiger partial charge on any atom is -0.330 e. The Balaban J connectivity index is 2.61. The molecule has 0 aromatic carbocycles. The minimum atomic E-state index is -0.0871. The zero-order valence-electron chi connectivity index (χ0n) is 9.41. The molecule has 0 radical (unpaired) electrons. The van der Waals surface area contributed by atoms with E-state index in [9.17, 15) is 4.79 Å².